The molecule has 1 amide bonds. The summed E-state index contributed by atoms with van der Waals surface area (Å²) < 4.78 is 11.4. The lowest BCUT2D eigenvalue weighted by Gasteiger charge is -2.47. The van der Waals surface area contributed by atoms with Gasteiger partial charge < -0.3 is 9.47 Å². The molecule has 134 valence electrons. The molecule has 0 unspecified atom stereocenters. The summed E-state index contributed by atoms with van der Waals surface area (Å²) in [5.74, 6) is -0.950. The van der Waals surface area contributed by atoms with Crippen LogP contribution in [0.15, 0.2) is 71.3 Å². The minimum Gasteiger partial charge on any atom is -0.464 e. The predicted octanol–water partition coefficient (Wildman–Crippen LogP) is 3.60. The van der Waals surface area contributed by atoms with Crippen molar-refractivity contribution in [3.05, 3.63) is 82.5 Å². The number of methoxy groups -OCH3 is 1. The molecule has 1 saturated heterocycles. The van der Waals surface area contributed by atoms with Crippen molar-refractivity contribution in [2.24, 2.45) is 0 Å². The van der Waals surface area contributed by atoms with Gasteiger partial charge in [0.1, 0.15) is 5.70 Å². The van der Waals surface area contributed by atoms with Crippen LogP contribution < -0.4 is 0 Å². The number of carbonyl (C=O) groups is 2. The highest BCUT2D eigenvalue weighted by molar-refractivity contribution is 9.10. The summed E-state index contributed by atoms with van der Waals surface area (Å²) in [5.41, 5.74) is 1.81. The fraction of sp³-hybridized carbons (Fsp3) is 0.200. The van der Waals surface area contributed by atoms with Crippen molar-refractivity contribution in [2.75, 3.05) is 7.11 Å². The first-order valence-electron chi connectivity index (χ1n) is 8.05. The molecule has 0 radical (unpaired) electrons. The van der Waals surface area contributed by atoms with Crippen molar-refractivity contribution in [2.45, 2.75) is 18.8 Å². The summed E-state index contributed by atoms with van der Waals surface area (Å²) in [6.07, 6.45) is -0.699. The maximum atomic E-state index is 12.7. The monoisotopic (exact) mass is 415 g/mol. The van der Waals surface area contributed by atoms with E-state index >= 15 is 0 Å². The summed E-state index contributed by atoms with van der Waals surface area (Å²) in [7, 11) is 1.26. The Bertz CT molecular complexity index is 837. The molecule has 1 aliphatic rings. The Kier molecular flexibility index (Phi) is 5.54. The topological polar surface area (TPSA) is 55.8 Å². The van der Waals surface area contributed by atoms with Crippen molar-refractivity contribution >= 4 is 27.8 Å². The number of nitrogens with zero attached hydrogens (tertiary/aromatic N) is 1. The third-order valence-electron chi connectivity index (χ3n) is 4.25. The van der Waals surface area contributed by atoms with Gasteiger partial charge in [-0.05, 0) is 17.2 Å². The number of carbonyl (C=O) groups excluding carboxylic acids is 2. The van der Waals surface area contributed by atoms with Crippen LogP contribution in [-0.4, -0.2) is 30.0 Å². The van der Waals surface area contributed by atoms with Crippen molar-refractivity contribution in [1.82, 2.24) is 4.90 Å². The van der Waals surface area contributed by atoms with Gasteiger partial charge in [0.2, 0.25) is 0 Å². The van der Waals surface area contributed by atoms with Gasteiger partial charge in [0.25, 0.3) is 5.91 Å². The van der Waals surface area contributed by atoms with Crippen LogP contribution in [0.25, 0.3) is 0 Å². The van der Waals surface area contributed by atoms with Gasteiger partial charge in [-0.25, -0.2) is 4.79 Å². The molecule has 0 spiro atoms. The zero-order chi connectivity index (χ0) is 18.7. The highest BCUT2D eigenvalue weighted by Crippen LogP contribution is 2.42. The van der Waals surface area contributed by atoms with E-state index in [1.807, 2.05) is 54.6 Å². The quantitative estimate of drug-likeness (QED) is 0.410. The summed E-state index contributed by atoms with van der Waals surface area (Å²) >= 11 is 3.51. The third-order valence-corrected chi connectivity index (χ3v) is 4.98. The van der Waals surface area contributed by atoms with E-state index in [9.17, 15) is 9.59 Å². The fourth-order valence-electron chi connectivity index (χ4n) is 2.92. The zero-order valence-electron chi connectivity index (χ0n) is 14.2. The Hall–Kier alpha value is -2.44. The molecule has 0 aromatic heterocycles. The Balaban J connectivity index is 1.86. The van der Waals surface area contributed by atoms with Gasteiger partial charge in [0.05, 0.1) is 19.8 Å². The second-order valence-corrected chi connectivity index (χ2v) is 6.68. The molecular formula is C20H18BrNO4. The molecule has 2 aromatic carbocycles. The lowest BCUT2D eigenvalue weighted by atomic mass is 9.89. The van der Waals surface area contributed by atoms with Crippen LogP contribution in [0.1, 0.15) is 17.2 Å². The van der Waals surface area contributed by atoms with Gasteiger partial charge in [-0.1, -0.05) is 71.0 Å². The van der Waals surface area contributed by atoms with Crippen LogP contribution in [0.3, 0.4) is 0 Å². The number of benzene rings is 2. The minimum absolute atomic E-state index is 0.00202. The average Bonchev–Trinajstić information content (AvgIpc) is 2.66. The Morgan fingerprint density at radius 1 is 1.15 bits per heavy atom. The molecule has 2 atom stereocenters. The van der Waals surface area contributed by atoms with Crippen LogP contribution >= 0.6 is 15.9 Å². The average molecular weight is 416 g/mol. The van der Waals surface area contributed by atoms with Crippen LogP contribution in [-0.2, 0) is 25.7 Å². The first kappa shape index (κ1) is 18.4. The molecule has 26 heavy (non-hydrogen) atoms. The number of amides is 1. The molecule has 0 N–H and O–H groups in total. The largest absolute Gasteiger partial charge is 0.464 e. The summed E-state index contributed by atoms with van der Waals surface area (Å²) in [4.78, 5) is 25.9. The molecule has 1 aliphatic heterocycles. The first-order chi connectivity index (χ1) is 12.5. The molecule has 0 bridgehead atoms. The fourth-order valence-corrected chi connectivity index (χ4v) is 3.44. The van der Waals surface area contributed by atoms with Crippen molar-refractivity contribution in [1.29, 1.82) is 0 Å². The zero-order valence-corrected chi connectivity index (χ0v) is 15.8. The van der Waals surface area contributed by atoms with E-state index in [0.717, 1.165) is 15.6 Å². The first-order valence-corrected chi connectivity index (χ1v) is 8.84. The van der Waals surface area contributed by atoms with E-state index in [4.69, 9.17) is 9.47 Å². The molecule has 5 nitrogen and oxygen atoms in total. The van der Waals surface area contributed by atoms with Gasteiger partial charge in [-0.2, -0.15) is 0 Å². The molecule has 1 fully saturated rings. The number of esters is 1. The van der Waals surface area contributed by atoms with Crippen LogP contribution in [0, 0.1) is 0 Å². The standard InChI is InChI=1S/C20H18BrNO4/c1-13(20(24)25-2)22-17(15-10-6-7-11-16(15)21)18(19(22)23)26-12-14-8-4-3-5-9-14/h3-11,17-18H,1,12H2,2H3/t17-,18+/m1/s1. The molecule has 0 aliphatic carbocycles. The number of hydrogen-bond donors (Lipinski definition) is 0. The lowest BCUT2D eigenvalue weighted by molar-refractivity contribution is -0.175. The van der Waals surface area contributed by atoms with Crippen LogP contribution in [0.2, 0.25) is 0 Å². The normalized spacial score (nSPS) is 19.0. The number of halogens is 1. The van der Waals surface area contributed by atoms with E-state index in [1.54, 1.807) is 0 Å². The van der Waals surface area contributed by atoms with Gasteiger partial charge in [0.15, 0.2) is 6.10 Å². The van der Waals surface area contributed by atoms with E-state index in [1.165, 1.54) is 12.0 Å². The molecule has 6 heteroatoms. The Morgan fingerprint density at radius 2 is 1.81 bits per heavy atom. The summed E-state index contributed by atoms with van der Waals surface area (Å²) in [5, 5.41) is 0. The van der Waals surface area contributed by atoms with Gasteiger partial charge in [-0.15, -0.1) is 0 Å². The van der Waals surface area contributed by atoms with Crippen molar-refractivity contribution in [3.8, 4) is 0 Å². The maximum Gasteiger partial charge on any atom is 0.354 e. The Labute approximate surface area is 160 Å². The van der Waals surface area contributed by atoms with Gasteiger partial charge in [0, 0.05) is 4.47 Å². The Morgan fingerprint density at radius 3 is 2.46 bits per heavy atom. The van der Waals surface area contributed by atoms with Gasteiger partial charge in [-0.3, -0.25) is 9.69 Å². The third kappa shape index (κ3) is 3.43. The highest BCUT2D eigenvalue weighted by atomic mass is 79.9. The lowest BCUT2D eigenvalue weighted by Crippen LogP contribution is -2.60. The predicted molar refractivity (Wildman–Crippen MR) is 99.9 cm³/mol. The molecule has 1 heterocycles. The number of β-lactam (4-membered cyclic amide) rings is 1. The van der Waals surface area contributed by atoms with E-state index in [-0.39, 0.29) is 11.6 Å². The number of rotatable bonds is 6. The molecule has 2 aromatic rings. The van der Waals surface area contributed by atoms with E-state index < -0.39 is 18.1 Å². The second kappa shape index (κ2) is 7.85. The van der Waals surface area contributed by atoms with Gasteiger partial charge >= 0.3 is 5.97 Å². The SMILES string of the molecule is C=C(C(=O)OC)N1C(=O)[C@@H](OCc2ccccc2)[C@H]1c1ccccc1Br. The number of likely N-dealkylation sites (tertiary alicyclic amines) is 1. The number of ether oxygens (including phenoxy) is 2. The minimum atomic E-state index is -0.699. The molecule has 3 rings (SSSR count). The number of hydrogen-bond acceptors (Lipinski definition) is 4. The highest BCUT2D eigenvalue weighted by Gasteiger charge is 2.52. The maximum absolute atomic E-state index is 12.7. The van der Waals surface area contributed by atoms with Crippen molar-refractivity contribution < 1.29 is 19.1 Å². The molecular weight excluding hydrogens is 398 g/mol. The van der Waals surface area contributed by atoms with Crippen LogP contribution in [0.4, 0.5) is 0 Å². The van der Waals surface area contributed by atoms with E-state index in [0.29, 0.717) is 6.61 Å². The smallest absolute Gasteiger partial charge is 0.354 e. The van der Waals surface area contributed by atoms with Crippen molar-refractivity contribution in [3.63, 3.8) is 0 Å². The van der Waals surface area contributed by atoms with E-state index in [2.05, 4.69) is 22.5 Å². The molecule has 0 saturated carbocycles. The summed E-state index contributed by atoms with van der Waals surface area (Å²) in [6, 6.07) is 16.7. The summed E-state index contributed by atoms with van der Waals surface area (Å²) in [6.45, 7) is 4.02. The second-order valence-electron chi connectivity index (χ2n) is 5.83. The van der Waals surface area contributed by atoms with Crippen LogP contribution in [0.5, 0.6) is 0 Å².